The van der Waals surface area contributed by atoms with Gasteiger partial charge in [0.05, 0.1) is 6.54 Å². The smallest absolute Gasteiger partial charge is 0.287 e. The molecule has 1 aromatic rings. The Morgan fingerprint density at radius 3 is 2.53 bits per heavy atom. The summed E-state index contributed by atoms with van der Waals surface area (Å²) in [5, 5.41) is 10.3. The minimum Gasteiger partial charge on any atom is -0.484 e. The van der Waals surface area contributed by atoms with Gasteiger partial charge in [-0.15, -0.1) is 0 Å². The van der Waals surface area contributed by atoms with Crippen molar-refractivity contribution in [2.24, 2.45) is 0 Å². The molecule has 19 heavy (non-hydrogen) atoms. The van der Waals surface area contributed by atoms with Crippen molar-refractivity contribution >= 4 is 5.91 Å². The molecule has 1 aromatic carbocycles. The Bertz CT molecular complexity index is 407. The summed E-state index contributed by atoms with van der Waals surface area (Å²) in [6, 6.07) is 7.17. The average Bonchev–Trinajstić information content (AvgIpc) is 2.43. The first-order valence-corrected chi connectivity index (χ1v) is 5.94. The number of rotatable bonds is 7. The van der Waals surface area contributed by atoms with Gasteiger partial charge in [-0.05, 0) is 24.1 Å². The van der Waals surface area contributed by atoms with E-state index in [0.29, 0.717) is 5.75 Å². The van der Waals surface area contributed by atoms with Crippen molar-refractivity contribution in [3.63, 3.8) is 0 Å². The lowest BCUT2D eigenvalue weighted by molar-refractivity contribution is -0.126. The minimum atomic E-state index is -3.31. The van der Waals surface area contributed by atoms with E-state index in [1.54, 1.807) is 12.1 Å². The molecule has 1 amide bonds. The van der Waals surface area contributed by atoms with Gasteiger partial charge in [-0.1, -0.05) is 19.1 Å². The number of hydrogen-bond donors (Lipinski definition) is 2. The van der Waals surface area contributed by atoms with Crippen LogP contribution in [0.15, 0.2) is 24.3 Å². The molecule has 0 unspecified atom stereocenters. The molecule has 0 radical (unpaired) electrons. The Morgan fingerprint density at radius 1 is 1.37 bits per heavy atom. The highest BCUT2D eigenvalue weighted by atomic mass is 19.3. The van der Waals surface area contributed by atoms with Crippen molar-refractivity contribution in [1.82, 2.24) is 5.32 Å². The van der Waals surface area contributed by atoms with Crippen LogP contribution in [-0.4, -0.2) is 36.7 Å². The van der Waals surface area contributed by atoms with E-state index < -0.39 is 25.0 Å². The zero-order valence-corrected chi connectivity index (χ0v) is 10.7. The predicted molar refractivity (Wildman–Crippen MR) is 66.4 cm³/mol. The van der Waals surface area contributed by atoms with Crippen LogP contribution in [0, 0.1) is 0 Å². The molecule has 0 aliphatic rings. The van der Waals surface area contributed by atoms with Crippen LogP contribution in [0.2, 0.25) is 0 Å². The maximum absolute atomic E-state index is 12.7. The first-order valence-electron chi connectivity index (χ1n) is 5.94. The summed E-state index contributed by atoms with van der Waals surface area (Å²) < 4.78 is 30.5. The van der Waals surface area contributed by atoms with E-state index >= 15 is 0 Å². The SMILES string of the molecule is CCc1ccc(OCC(=O)NCC(F)(F)CO)cc1. The van der Waals surface area contributed by atoms with Gasteiger partial charge in [-0.25, -0.2) is 8.78 Å². The van der Waals surface area contributed by atoms with E-state index in [-0.39, 0.29) is 6.61 Å². The van der Waals surface area contributed by atoms with Gasteiger partial charge in [0.25, 0.3) is 11.8 Å². The molecule has 106 valence electrons. The lowest BCUT2D eigenvalue weighted by Gasteiger charge is -2.14. The highest BCUT2D eigenvalue weighted by molar-refractivity contribution is 5.77. The van der Waals surface area contributed by atoms with E-state index in [9.17, 15) is 13.6 Å². The number of carbonyl (C=O) groups excluding carboxylic acids is 1. The first-order chi connectivity index (χ1) is 8.96. The van der Waals surface area contributed by atoms with Crippen LogP contribution < -0.4 is 10.1 Å². The summed E-state index contributed by atoms with van der Waals surface area (Å²) in [6.45, 7) is -0.523. The number of amides is 1. The molecule has 0 bridgehead atoms. The second kappa shape index (κ2) is 7.04. The lowest BCUT2D eigenvalue weighted by Crippen LogP contribution is -2.40. The number of nitrogens with one attached hydrogen (secondary N) is 1. The number of aryl methyl sites for hydroxylation is 1. The summed E-state index contributed by atoms with van der Waals surface area (Å²) in [7, 11) is 0. The number of halogens is 2. The second-order valence-electron chi connectivity index (χ2n) is 4.08. The molecule has 0 aromatic heterocycles. The fraction of sp³-hybridized carbons (Fsp3) is 0.462. The zero-order valence-electron chi connectivity index (χ0n) is 10.7. The van der Waals surface area contributed by atoms with Gasteiger partial charge in [0.2, 0.25) is 0 Å². The van der Waals surface area contributed by atoms with Crippen LogP contribution in [-0.2, 0) is 11.2 Å². The van der Waals surface area contributed by atoms with Crippen molar-refractivity contribution in [2.45, 2.75) is 19.3 Å². The summed E-state index contributed by atoms with van der Waals surface area (Å²) in [5.74, 6) is -3.47. The van der Waals surface area contributed by atoms with E-state index in [1.807, 2.05) is 24.4 Å². The van der Waals surface area contributed by atoms with Crippen LogP contribution in [0.1, 0.15) is 12.5 Å². The van der Waals surface area contributed by atoms with Crippen LogP contribution in [0.5, 0.6) is 5.75 Å². The first kappa shape index (κ1) is 15.4. The van der Waals surface area contributed by atoms with Crippen molar-refractivity contribution in [2.75, 3.05) is 19.8 Å². The molecule has 0 saturated heterocycles. The predicted octanol–water partition coefficient (Wildman–Crippen LogP) is 1.37. The third-order valence-electron chi connectivity index (χ3n) is 2.48. The number of aliphatic hydroxyl groups excluding tert-OH is 1. The van der Waals surface area contributed by atoms with Gasteiger partial charge in [0.1, 0.15) is 12.4 Å². The maximum Gasteiger partial charge on any atom is 0.287 e. The molecule has 6 heteroatoms. The Morgan fingerprint density at radius 2 is 2.00 bits per heavy atom. The van der Waals surface area contributed by atoms with Crippen molar-refractivity contribution in [3.8, 4) is 5.75 Å². The normalized spacial score (nSPS) is 11.2. The Labute approximate surface area is 110 Å². The highest BCUT2D eigenvalue weighted by Gasteiger charge is 2.28. The van der Waals surface area contributed by atoms with Crippen LogP contribution in [0.4, 0.5) is 8.78 Å². The summed E-state index contributed by atoms with van der Waals surface area (Å²) in [4.78, 5) is 11.3. The summed E-state index contributed by atoms with van der Waals surface area (Å²) >= 11 is 0. The van der Waals surface area contributed by atoms with Crippen molar-refractivity contribution in [1.29, 1.82) is 0 Å². The molecule has 2 N–H and O–H groups in total. The number of carbonyl (C=O) groups is 1. The molecule has 0 aliphatic heterocycles. The molecule has 1 rings (SSSR count). The topological polar surface area (TPSA) is 58.6 Å². The van der Waals surface area contributed by atoms with Gasteiger partial charge in [0, 0.05) is 0 Å². The third-order valence-corrected chi connectivity index (χ3v) is 2.48. The van der Waals surface area contributed by atoms with Crippen molar-refractivity contribution in [3.05, 3.63) is 29.8 Å². The molecular formula is C13H17F2NO3. The molecule has 4 nitrogen and oxygen atoms in total. The Hall–Kier alpha value is -1.69. The molecule has 0 fully saturated rings. The second-order valence-corrected chi connectivity index (χ2v) is 4.08. The lowest BCUT2D eigenvalue weighted by atomic mass is 10.2. The van der Waals surface area contributed by atoms with Crippen LogP contribution in [0.3, 0.4) is 0 Å². The molecule has 0 heterocycles. The molecule has 0 spiro atoms. The van der Waals surface area contributed by atoms with E-state index in [1.165, 1.54) is 0 Å². The van der Waals surface area contributed by atoms with Gasteiger partial charge in [-0.2, -0.15) is 0 Å². The Kier molecular flexibility index (Phi) is 5.69. The quantitative estimate of drug-likeness (QED) is 0.789. The fourth-order valence-electron chi connectivity index (χ4n) is 1.31. The number of benzene rings is 1. The molecule has 0 aliphatic carbocycles. The Balaban J connectivity index is 2.33. The maximum atomic E-state index is 12.7. The van der Waals surface area contributed by atoms with Gasteiger partial charge < -0.3 is 15.2 Å². The number of alkyl halides is 2. The van der Waals surface area contributed by atoms with E-state index in [2.05, 4.69) is 0 Å². The van der Waals surface area contributed by atoms with Crippen LogP contribution >= 0.6 is 0 Å². The van der Waals surface area contributed by atoms with Gasteiger partial charge in [-0.3, -0.25) is 4.79 Å². The fourth-order valence-corrected chi connectivity index (χ4v) is 1.31. The number of aliphatic hydroxyl groups is 1. The monoisotopic (exact) mass is 273 g/mol. The number of ether oxygens (including phenoxy) is 1. The zero-order chi connectivity index (χ0) is 14.3. The average molecular weight is 273 g/mol. The van der Waals surface area contributed by atoms with E-state index in [0.717, 1.165) is 12.0 Å². The molecule has 0 saturated carbocycles. The van der Waals surface area contributed by atoms with Gasteiger partial charge >= 0.3 is 0 Å². The standard InChI is InChI=1S/C13H17F2NO3/c1-2-10-3-5-11(6-4-10)19-7-12(18)16-8-13(14,15)9-17/h3-6,17H,2,7-9H2,1H3,(H,16,18). The summed E-state index contributed by atoms with van der Waals surface area (Å²) in [5.41, 5.74) is 1.14. The third kappa shape index (κ3) is 5.65. The largest absolute Gasteiger partial charge is 0.484 e. The van der Waals surface area contributed by atoms with Crippen molar-refractivity contribution < 1.29 is 23.4 Å². The van der Waals surface area contributed by atoms with Gasteiger partial charge in [0.15, 0.2) is 6.61 Å². The summed E-state index contributed by atoms with van der Waals surface area (Å²) in [6.07, 6.45) is 0.900. The highest BCUT2D eigenvalue weighted by Crippen LogP contribution is 2.12. The molecular weight excluding hydrogens is 256 g/mol. The molecule has 0 atom stereocenters. The minimum absolute atomic E-state index is 0.340. The van der Waals surface area contributed by atoms with E-state index in [4.69, 9.17) is 9.84 Å². The number of hydrogen-bond acceptors (Lipinski definition) is 3. The van der Waals surface area contributed by atoms with Crippen LogP contribution in [0.25, 0.3) is 0 Å².